The van der Waals surface area contributed by atoms with Gasteiger partial charge in [-0.15, -0.1) is 0 Å². The second kappa shape index (κ2) is 4.06. The summed E-state index contributed by atoms with van der Waals surface area (Å²) in [6.07, 6.45) is 0. The van der Waals surface area contributed by atoms with Crippen molar-refractivity contribution in [2.75, 3.05) is 24.3 Å². The molecule has 0 unspecified atom stereocenters. The monoisotopic (exact) mass is 212 g/mol. The molecule has 0 spiro atoms. The molecule has 1 rings (SSSR count). The lowest BCUT2D eigenvalue weighted by atomic mass is 10.0. The maximum absolute atomic E-state index is 13.6. The minimum atomic E-state index is -0.503. The molecule has 3 nitrogen and oxygen atoms in total. The number of nitrogen functional groups attached to an aromatic ring is 1. The quantitative estimate of drug-likeness (QED) is 0.748. The first kappa shape index (κ1) is 11.8. The van der Waals surface area contributed by atoms with E-state index in [-0.39, 0.29) is 12.4 Å². The van der Waals surface area contributed by atoms with Gasteiger partial charge in [-0.2, -0.15) is 0 Å². The van der Waals surface area contributed by atoms with Crippen molar-refractivity contribution >= 4 is 11.4 Å². The number of hydrogen-bond acceptors (Lipinski definition) is 3. The molecule has 4 heteroatoms. The number of benzene rings is 1. The van der Waals surface area contributed by atoms with Crippen LogP contribution in [0.2, 0.25) is 0 Å². The summed E-state index contributed by atoms with van der Waals surface area (Å²) < 4.78 is 13.6. The van der Waals surface area contributed by atoms with Crippen molar-refractivity contribution in [2.45, 2.75) is 19.4 Å². The van der Waals surface area contributed by atoms with Gasteiger partial charge in [0.1, 0.15) is 5.82 Å². The van der Waals surface area contributed by atoms with Crippen LogP contribution in [0, 0.1) is 5.82 Å². The van der Waals surface area contributed by atoms with Gasteiger partial charge in [-0.1, -0.05) is 0 Å². The maximum atomic E-state index is 13.6. The van der Waals surface area contributed by atoms with E-state index in [9.17, 15) is 9.50 Å². The summed E-state index contributed by atoms with van der Waals surface area (Å²) in [6.45, 7) is 3.62. The zero-order chi connectivity index (χ0) is 11.6. The van der Waals surface area contributed by atoms with Gasteiger partial charge in [-0.05, 0) is 32.0 Å². The van der Waals surface area contributed by atoms with Crippen molar-refractivity contribution in [3.63, 3.8) is 0 Å². The van der Waals surface area contributed by atoms with E-state index < -0.39 is 5.54 Å². The largest absolute Gasteiger partial charge is 0.399 e. The zero-order valence-electron chi connectivity index (χ0n) is 9.29. The molecule has 1 aromatic rings. The Morgan fingerprint density at radius 3 is 2.53 bits per heavy atom. The number of likely N-dealkylation sites (N-methyl/N-ethyl adjacent to an activating group) is 1. The van der Waals surface area contributed by atoms with Gasteiger partial charge >= 0.3 is 0 Å². The van der Waals surface area contributed by atoms with E-state index in [0.717, 1.165) is 0 Å². The molecule has 0 saturated carbocycles. The van der Waals surface area contributed by atoms with E-state index >= 15 is 0 Å². The first-order valence-corrected chi connectivity index (χ1v) is 4.78. The topological polar surface area (TPSA) is 49.5 Å². The molecule has 0 aliphatic rings. The normalized spacial score (nSPS) is 11.5. The van der Waals surface area contributed by atoms with Crippen LogP contribution in [-0.4, -0.2) is 24.3 Å². The van der Waals surface area contributed by atoms with Crippen LogP contribution in [-0.2, 0) is 0 Å². The van der Waals surface area contributed by atoms with Crippen molar-refractivity contribution in [1.29, 1.82) is 0 Å². The molecule has 0 heterocycles. The smallest absolute Gasteiger partial charge is 0.148 e. The highest BCUT2D eigenvalue weighted by Gasteiger charge is 2.24. The molecular formula is C11H17FN2O. The van der Waals surface area contributed by atoms with Gasteiger partial charge in [-0.25, -0.2) is 4.39 Å². The minimum Gasteiger partial charge on any atom is -0.399 e. The number of rotatable bonds is 3. The summed E-state index contributed by atoms with van der Waals surface area (Å²) >= 11 is 0. The Kier molecular flexibility index (Phi) is 3.19. The SMILES string of the molecule is CN(c1ccc(N)cc1F)C(C)(C)CO. The number of hydrogen-bond donors (Lipinski definition) is 2. The second-order valence-electron chi connectivity index (χ2n) is 4.24. The highest BCUT2D eigenvalue weighted by Crippen LogP contribution is 2.26. The lowest BCUT2D eigenvalue weighted by Gasteiger charge is -2.36. The lowest BCUT2D eigenvalue weighted by molar-refractivity contribution is 0.215. The molecule has 0 aliphatic heterocycles. The Hall–Kier alpha value is -1.29. The van der Waals surface area contributed by atoms with Gasteiger partial charge in [0.05, 0.1) is 17.8 Å². The zero-order valence-corrected chi connectivity index (χ0v) is 9.29. The third-order valence-electron chi connectivity index (χ3n) is 2.63. The summed E-state index contributed by atoms with van der Waals surface area (Å²) in [5, 5.41) is 9.18. The third kappa shape index (κ3) is 2.39. The summed E-state index contributed by atoms with van der Waals surface area (Å²) in [6, 6.07) is 4.53. The Labute approximate surface area is 89.3 Å². The van der Waals surface area contributed by atoms with Crippen LogP contribution >= 0.6 is 0 Å². The predicted octanol–water partition coefficient (Wildman–Crippen LogP) is 1.61. The van der Waals surface area contributed by atoms with Crippen LogP contribution in [0.3, 0.4) is 0 Å². The fourth-order valence-corrected chi connectivity index (χ4v) is 1.23. The number of anilines is 2. The van der Waals surface area contributed by atoms with E-state index in [1.54, 1.807) is 24.1 Å². The molecule has 15 heavy (non-hydrogen) atoms. The molecule has 0 radical (unpaired) electrons. The molecule has 0 atom stereocenters. The highest BCUT2D eigenvalue weighted by atomic mass is 19.1. The van der Waals surface area contributed by atoms with E-state index in [1.165, 1.54) is 6.07 Å². The molecule has 3 N–H and O–H groups in total. The first-order valence-electron chi connectivity index (χ1n) is 4.78. The molecule has 0 bridgehead atoms. The van der Waals surface area contributed by atoms with Gasteiger partial charge in [0.2, 0.25) is 0 Å². The van der Waals surface area contributed by atoms with Gasteiger partial charge in [0, 0.05) is 12.7 Å². The molecule has 0 fully saturated rings. The van der Waals surface area contributed by atoms with Crippen LogP contribution < -0.4 is 10.6 Å². The van der Waals surface area contributed by atoms with Crippen LogP contribution in [0.4, 0.5) is 15.8 Å². The maximum Gasteiger partial charge on any atom is 0.148 e. The summed E-state index contributed by atoms with van der Waals surface area (Å²) in [5.41, 5.74) is 5.79. The fourth-order valence-electron chi connectivity index (χ4n) is 1.23. The number of aliphatic hydroxyl groups excluding tert-OH is 1. The lowest BCUT2D eigenvalue weighted by Crippen LogP contribution is -2.44. The van der Waals surface area contributed by atoms with Crippen molar-refractivity contribution in [3.05, 3.63) is 24.0 Å². The molecule has 84 valence electrons. The summed E-state index contributed by atoms with van der Waals surface area (Å²) in [7, 11) is 1.74. The Morgan fingerprint density at radius 2 is 2.07 bits per heavy atom. The van der Waals surface area contributed by atoms with Gasteiger partial charge in [0.15, 0.2) is 0 Å². The number of nitrogens with two attached hydrogens (primary N) is 1. The number of nitrogens with zero attached hydrogens (tertiary/aromatic N) is 1. The number of aliphatic hydroxyl groups is 1. The standard InChI is InChI=1S/C11H17FN2O/c1-11(2,7-15)14(3)10-5-4-8(13)6-9(10)12/h4-6,15H,7,13H2,1-3H3. The number of halogens is 1. The molecule has 0 amide bonds. The van der Waals surface area contributed by atoms with E-state index in [0.29, 0.717) is 11.4 Å². The van der Waals surface area contributed by atoms with Crippen molar-refractivity contribution < 1.29 is 9.50 Å². The minimum absolute atomic E-state index is 0.0483. The Balaban J connectivity index is 3.06. The van der Waals surface area contributed by atoms with E-state index in [2.05, 4.69) is 0 Å². The van der Waals surface area contributed by atoms with Crippen LogP contribution in [0.5, 0.6) is 0 Å². The molecular weight excluding hydrogens is 195 g/mol. The van der Waals surface area contributed by atoms with Gasteiger partial charge in [0.25, 0.3) is 0 Å². The average Bonchev–Trinajstić information content (AvgIpc) is 2.17. The van der Waals surface area contributed by atoms with Gasteiger partial charge in [-0.3, -0.25) is 0 Å². The second-order valence-corrected chi connectivity index (χ2v) is 4.24. The highest BCUT2D eigenvalue weighted by molar-refractivity contribution is 5.55. The fraction of sp³-hybridized carbons (Fsp3) is 0.455. The Bertz CT molecular complexity index is 352. The average molecular weight is 212 g/mol. The van der Waals surface area contributed by atoms with Crippen LogP contribution in [0.1, 0.15) is 13.8 Å². The van der Waals surface area contributed by atoms with Crippen LogP contribution in [0.25, 0.3) is 0 Å². The first-order chi connectivity index (χ1) is 6.88. The third-order valence-corrected chi connectivity index (χ3v) is 2.63. The summed E-state index contributed by atoms with van der Waals surface area (Å²) in [4.78, 5) is 1.70. The molecule has 0 saturated heterocycles. The van der Waals surface area contributed by atoms with Gasteiger partial charge < -0.3 is 15.7 Å². The Morgan fingerprint density at radius 1 is 1.47 bits per heavy atom. The predicted molar refractivity (Wildman–Crippen MR) is 60.4 cm³/mol. The molecule has 0 aromatic heterocycles. The van der Waals surface area contributed by atoms with E-state index in [4.69, 9.17) is 5.73 Å². The molecule has 1 aromatic carbocycles. The summed E-state index contributed by atoms with van der Waals surface area (Å²) in [5.74, 6) is -0.376. The molecule has 0 aliphatic carbocycles. The van der Waals surface area contributed by atoms with Crippen LogP contribution in [0.15, 0.2) is 18.2 Å². The van der Waals surface area contributed by atoms with Crippen molar-refractivity contribution in [3.8, 4) is 0 Å². The van der Waals surface area contributed by atoms with Crippen molar-refractivity contribution in [1.82, 2.24) is 0 Å². The van der Waals surface area contributed by atoms with Crippen molar-refractivity contribution in [2.24, 2.45) is 0 Å². The van der Waals surface area contributed by atoms with E-state index in [1.807, 2.05) is 13.8 Å².